The first-order valence-electron chi connectivity index (χ1n) is 10.4. The van der Waals surface area contributed by atoms with Crippen LogP contribution in [0.25, 0.3) is 10.2 Å². The summed E-state index contributed by atoms with van der Waals surface area (Å²) in [5.74, 6) is 0.779. The van der Waals surface area contributed by atoms with E-state index in [-0.39, 0.29) is 5.91 Å². The smallest absolute Gasteiger partial charge is 0.233 e. The average molecular weight is 464 g/mol. The van der Waals surface area contributed by atoms with Crippen LogP contribution in [0, 0.1) is 0 Å². The van der Waals surface area contributed by atoms with Crippen LogP contribution in [-0.2, 0) is 17.8 Å². The maximum Gasteiger partial charge on any atom is 0.233 e. The van der Waals surface area contributed by atoms with Gasteiger partial charge in [0.2, 0.25) is 5.91 Å². The molecule has 0 aliphatic heterocycles. The van der Waals surface area contributed by atoms with Crippen molar-refractivity contribution in [3.63, 3.8) is 0 Å². The Morgan fingerprint density at radius 1 is 1.12 bits per heavy atom. The molecule has 2 aromatic carbocycles. The molecule has 0 bridgehead atoms. The van der Waals surface area contributed by atoms with Crippen molar-refractivity contribution in [1.29, 1.82) is 0 Å². The first kappa shape index (κ1) is 22.3. The van der Waals surface area contributed by atoms with Gasteiger partial charge in [-0.3, -0.25) is 14.7 Å². The molecule has 0 spiro atoms. The summed E-state index contributed by atoms with van der Waals surface area (Å²) in [6, 6.07) is 17.9. The van der Waals surface area contributed by atoms with Gasteiger partial charge < -0.3 is 4.74 Å². The maximum absolute atomic E-state index is 13.4. The lowest BCUT2D eigenvalue weighted by Crippen LogP contribution is -2.31. The Morgan fingerprint density at radius 3 is 2.62 bits per heavy atom. The van der Waals surface area contributed by atoms with E-state index in [9.17, 15) is 4.79 Å². The van der Waals surface area contributed by atoms with Gasteiger partial charge in [-0.05, 0) is 47.5 Å². The van der Waals surface area contributed by atoms with Crippen molar-refractivity contribution in [2.24, 2.45) is 0 Å². The molecule has 5 nitrogen and oxygen atoms in total. The summed E-state index contributed by atoms with van der Waals surface area (Å²) in [7, 11) is 1.65. The van der Waals surface area contributed by atoms with Crippen LogP contribution >= 0.6 is 23.1 Å². The molecule has 0 fully saturated rings. The normalized spacial score (nSPS) is 11.1. The fourth-order valence-corrected chi connectivity index (χ4v) is 5.15. The zero-order valence-electron chi connectivity index (χ0n) is 18.3. The number of thioether (sulfide) groups is 1. The molecular weight excluding hydrogens is 438 g/mol. The van der Waals surface area contributed by atoms with Gasteiger partial charge in [0.25, 0.3) is 0 Å². The molecule has 2 heterocycles. The van der Waals surface area contributed by atoms with E-state index in [2.05, 4.69) is 31.0 Å². The van der Waals surface area contributed by atoms with Crippen LogP contribution in [-0.4, -0.2) is 28.2 Å². The molecule has 0 saturated heterocycles. The number of benzene rings is 2. The molecule has 2 aromatic heterocycles. The summed E-state index contributed by atoms with van der Waals surface area (Å²) in [6.07, 6.45) is 3.83. The monoisotopic (exact) mass is 463 g/mol. The summed E-state index contributed by atoms with van der Waals surface area (Å²) >= 11 is 3.31. The number of anilines is 1. The highest BCUT2D eigenvalue weighted by molar-refractivity contribution is 7.99. The highest BCUT2D eigenvalue weighted by Crippen LogP contribution is 2.32. The molecule has 0 radical (unpaired) electrons. The Kier molecular flexibility index (Phi) is 7.07. The number of carbonyl (C=O) groups excluding carboxylic acids is 1. The van der Waals surface area contributed by atoms with E-state index in [0.29, 0.717) is 23.3 Å². The molecule has 0 unspecified atom stereocenters. The Bertz CT molecular complexity index is 1190. The number of fused-ring (bicyclic) bond motifs is 1. The van der Waals surface area contributed by atoms with E-state index in [1.54, 1.807) is 24.4 Å². The van der Waals surface area contributed by atoms with Crippen molar-refractivity contribution in [3.8, 4) is 5.75 Å². The SMILES string of the molecule is COc1ccc2nc(N(Cc3cccnc3)C(=O)Cc3ccc(SC(C)C)cc3)sc2c1. The molecule has 7 heteroatoms. The van der Waals surface area contributed by atoms with Gasteiger partial charge in [-0.15, -0.1) is 11.8 Å². The predicted octanol–water partition coefficient (Wildman–Crippen LogP) is 5.98. The summed E-state index contributed by atoms with van der Waals surface area (Å²) in [5, 5.41) is 1.20. The second-order valence-corrected chi connectivity index (χ2v) is 10.3. The van der Waals surface area contributed by atoms with Gasteiger partial charge in [0, 0.05) is 22.5 Å². The average Bonchev–Trinajstić information content (AvgIpc) is 3.22. The van der Waals surface area contributed by atoms with Gasteiger partial charge in [-0.2, -0.15) is 0 Å². The number of ether oxygens (including phenoxy) is 1. The number of hydrogen-bond acceptors (Lipinski definition) is 6. The number of carbonyl (C=O) groups is 1. The van der Waals surface area contributed by atoms with Crippen LogP contribution in [0.15, 0.2) is 71.9 Å². The third-order valence-electron chi connectivity index (χ3n) is 4.83. The number of methoxy groups -OCH3 is 1. The van der Waals surface area contributed by atoms with Gasteiger partial charge in [0.05, 0.1) is 30.3 Å². The van der Waals surface area contributed by atoms with Crippen LogP contribution in [0.3, 0.4) is 0 Å². The molecule has 32 heavy (non-hydrogen) atoms. The Hall–Kier alpha value is -2.90. The molecule has 0 atom stereocenters. The van der Waals surface area contributed by atoms with Crippen LogP contribution in [0.5, 0.6) is 5.75 Å². The van der Waals surface area contributed by atoms with Gasteiger partial charge in [-0.25, -0.2) is 4.98 Å². The Balaban J connectivity index is 1.61. The molecule has 4 aromatic rings. The molecule has 0 saturated carbocycles. The molecule has 164 valence electrons. The lowest BCUT2D eigenvalue weighted by molar-refractivity contribution is -0.118. The number of rotatable bonds is 8. The minimum Gasteiger partial charge on any atom is -0.497 e. The number of amides is 1. The third kappa shape index (κ3) is 5.47. The summed E-state index contributed by atoms with van der Waals surface area (Å²) < 4.78 is 6.32. The van der Waals surface area contributed by atoms with E-state index in [0.717, 1.165) is 27.1 Å². The zero-order valence-corrected chi connectivity index (χ0v) is 20.0. The van der Waals surface area contributed by atoms with Crippen LogP contribution in [0.2, 0.25) is 0 Å². The molecular formula is C25H25N3O2S2. The van der Waals surface area contributed by atoms with Crippen molar-refractivity contribution in [1.82, 2.24) is 9.97 Å². The van der Waals surface area contributed by atoms with Crippen molar-refractivity contribution in [2.45, 2.75) is 37.0 Å². The zero-order chi connectivity index (χ0) is 22.5. The third-order valence-corrected chi connectivity index (χ3v) is 6.89. The fraction of sp³-hybridized carbons (Fsp3) is 0.240. The Morgan fingerprint density at radius 2 is 1.94 bits per heavy atom. The standard InChI is InChI=1S/C25H25N3O2S2/c1-17(2)31-21-9-6-18(7-10-21)13-24(29)28(16-19-5-4-12-26-15-19)25-27-22-11-8-20(30-3)14-23(22)32-25/h4-12,14-15,17H,13,16H2,1-3H3. The van der Waals surface area contributed by atoms with E-state index >= 15 is 0 Å². The molecule has 0 N–H and O–H groups in total. The van der Waals surface area contributed by atoms with Crippen molar-refractivity contribution in [2.75, 3.05) is 12.0 Å². The van der Waals surface area contributed by atoms with Gasteiger partial charge in [0.1, 0.15) is 5.75 Å². The fourth-order valence-electron chi connectivity index (χ4n) is 3.30. The van der Waals surface area contributed by atoms with Gasteiger partial charge in [-0.1, -0.05) is 43.4 Å². The summed E-state index contributed by atoms with van der Waals surface area (Å²) in [6.45, 7) is 4.77. The lowest BCUT2D eigenvalue weighted by Gasteiger charge is -2.20. The van der Waals surface area contributed by atoms with Gasteiger partial charge >= 0.3 is 0 Å². The predicted molar refractivity (Wildman–Crippen MR) is 133 cm³/mol. The maximum atomic E-state index is 13.4. The van der Waals surface area contributed by atoms with E-state index < -0.39 is 0 Å². The minimum atomic E-state index is 0.00383. The Labute approximate surface area is 196 Å². The van der Waals surface area contributed by atoms with E-state index in [4.69, 9.17) is 9.72 Å². The van der Waals surface area contributed by atoms with Crippen LogP contribution < -0.4 is 9.64 Å². The number of thiazole rings is 1. The van der Waals surface area contributed by atoms with Crippen molar-refractivity contribution in [3.05, 3.63) is 78.1 Å². The molecule has 0 aliphatic carbocycles. The largest absolute Gasteiger partial charge is 0.497 e. The van der Waals surface area contributed by atoms with Crippen molar-refractivity contribution >= 4 is 44.4 Å². The molecule has 1 amide bonds. The highest BCUT2D eigenvalue weighted by Gasteiger charge is 2.21. The first-order valence-corrected chi connectivity index (χ1v) is 12.1. The number of hydrogen-bond donors (Lipinski definition) is 0. The topological polar surface area (TPSA) is 55.3 Å². The van der Waals surface area contributed by atoms with E-state index in [1.807, 2.05) is 54.2 Å². The highest BCUT2D eigenvalue weighted by atomic mass is 32.2. The van der Waals surface area contributed by atoms with Crippen LogP contribution in [0.1, 0.15) is 25.0 Å². The van der Waals surface area contributed by atoms with Crippen LogP contribution in [0.4, 0.5) is 5.13 Å². The second kappa shape index (κ2) is 10.1. The summed E-state index contributed by atoms with van der Waals surface area (Å²) in [5.41, 5.74) is 2.80. The number of nitrogens with zero attached hydrogens (tertiary/aromatic N) is 3. The lowest BCUT2D eigenvalue weighted by atomic mass is 10.1. The second-order valence-electron chi connectivity index (χ2n) is 7.66. The number of pyridine rings is 1. The first-order chi connectivity index (χ1) is 15.5. The molecule has 4 rings (SSSR count). The quantitative estimate of drug-likeness (QED) is 0.301. The minimum absolute atomic E-state index is 0.00383. The molecule has 0 aliphatic rings. The van der Waals surface area contributed by atoms with E-state index in [1.165, 1.54) is 16.2 Å². The summed E-state index contributed by atoms with van der Waals surface area (Å²) in [4.78, 5) is 25.3. The van der Waals surface area contributed by atoms with Crippen molar-refractivity contribution < 1.29 is 9.53 Å². The van der Waals surface area contributed by atoms with Gasteiger partial charge in [0.15, 0.2) is 5.13 Å². The number of aromatic nitrogens is 2.